The van der Waals surface area contributed by atoms with Gasteiger partial charge in [-0.1, -0.05) is 43.7 Å². The Hall–Kier alpha value is -1.54. The van der Waals surface area contributed by atoms with Gasteiger partial charge >= 0.3 is 0 Å². The molecule has 0 bridgehead atoms. The van der Waals surface area contributed by atoms with Crippen molar-refractivity contribution in [1.29, 1.82) is 0 Å². The van der Waals surface area contributed by atoms with E-state index in [1.807, 2.05) is 0 Å². The Balaban J connectivity index is 2.48. The van der Waals surface area contributed by atoms with Gasteiger partial charge in [-0.05, 0) is 30.4 Å². The first-order valence-electron chi connectivity index (χ1n) is 7.27. The summed E-state index contributed by atoms with van der Waals surface area (Å²) < 4.78 is 0. The maximum absolute atomic E-state index is 5.84. The van der Waals surface area contributed by atoms with Crippen LogP contribution in [0.1, 0.15) is 32.3 Å². The number of hydrogen-bond acceptors (Lipinski definition) is 2. The molecule has 2 heteroatoms. The molecule has 2 aromatic rings. The molecule has 19 heavy (non-hydrogen) atoms. The molecule has 0 aliphatic rings. The predicted octanol–water partition coefficient (Wildman–Crippen LogP) is 3.92. The summed E-state index contributed by atoms with van der Waals surface area (Å²) in [4.78, 5) is 2.46. The second kappa shape index (κ2) is 6.58. The molecule has 2 aromatic carbocycles. The summed E-state index contributed by atoms with van der Waals surface area (Å²) in [5.74, 6) is 0. The van der Waals surface area contributed by atoms with Crippen molar-refractivity contribution in [2.24, 2.45) is 5.73 Å². The minimum atomic E-state index is 0.599. The molecule has 0 spiro atoms. The lowest BCUT2D eigenvalue weighted by atomic mass is 10.0. The number of unbranched alkanes of at least 4 members (excludes halogenated alkanes) is 1. The van der Waals surface area contributed by atoms with E-state index in [-0.39, 0.29) is 0 Å². The van der Waals surface area contributed by atoms with Crippen molar-refractivity contribution in [3.8, 4) is 0 Å². The molecule has 0 amide bonds. The fourth-order valence-corrected chi connectivity index (χ4v) is 2.60. The summed E-state index contributed by atoms with van der Waals surface area (Å²) in [6.45, 7) is 7.23. The zero-order valence-electron chi connectivity index (χ0n) is 12.0. The van der Waals surface area contributed by atoms with E-state index in [9.17, 15) is 0 Å². The fraction of sp³-hybridized carbons (Fsp3) is 0.412. The minimum absolute atomic E-state index is 0.599. The number of anilines is 1. The molecule has 0 fully saturated rings. The van der Waals surface area contributed by atoms with Crippen LogP contribution in [0.5, 0.6) is 0 Å². The van der Waals surface area contributed by atoms with Crippen LogP contribution < -0.4 is 10.6 Å². The molecule has 2 N–H and O–H groups in total. The molecule has 2 rings (SSSR count). The Bertz CT molecular complexity index is 534. The van der Waals surface area contributed by atoms with E-state index >= 15 is 0 Å². The van der Waals surface area contributed by atoms with Crippen LogP contribution in [-0.4, -0.2) is 13.1 Å². The third-order valence-electron chi connectivity index (χ3n) is 3.72. The highest BCUT2D eigenvalue weighted by molar-refractivity contribution is 5.96. The van der Waals surface area contributed by atoms with Gasteiger partial charge in [-0.2, -0.15) is 0 Å². The highest BCUT2D eigenvalue weighted by Crippen LogP contribution is 2.29. The molecule has 0 saturated heterocycles. The van der Waals surface area contributed by atoms with Crippen LogP contribution >= 0.6 is 0 Å². The van der Waals surface area contributed by atoms with Crippen LogP contribution in [0, 0.1) is 0 Å². The number of nitrogens with two attached hydrogens (primary N) is 1. The van der Waals surface area contributed by atoms with Gasteiger partial charge in [0.15, 0.2) is 0 Å². The molecule has 2 nitrogen and oxygen atoms in total. The van der Waals surface area contributed by atoms with E-state index in [0.29, 0.717) is 6.54 Å². The minimum Gasteiger partial charge on any atom is -0.371 e. The normalized spacial score (nSPS) is 10.9. The number of fused-ring (bicyclic) bond motifs is 1. The van der Waals surface area contributed by atoms with Crippen molar-refractivity contribution in [2.75, 3.05) is 18.0 Å². The van der Waals surface area contributed by atoms with Crippen LogP contribution in [0.4, 0.5) is 5.69 Å². The predicted molar refractivity (Wildman–Crippen MR) is 84.6 cm³/mol. The molecular formula is C17H24N2. The van der Waals surface area contributed by atoms with Crippen molar-refractivity contribution in [3.05, 3.63) is 42.0 Å². The number of rotatable bonds is 6. The fourth-order valence-electron chi connectivity index (χ4n) is 2.60. The first-order valence-corrected chi connectivity index (χ1v) is 7.27. The Morgan fingerprint density at radius 3 is 2.37 bits per heavy atom. The van der Waals surface area contributed by atoms with Crippen LogP contribution in [0.15, 0.2) is 36.4 Å². The maximum atomic E-state index is 5.84. The van der Waals surface area contributed by atoms with Gasteiger partial charge in [-0.15, -0.1) is 0 Å². The zero-order chi connectivity index (χ0) is 13.7. The Morgan fingerprint density at radius 1 is 1.00 bits per heavy atom. The average molecular weight is 256 g/mol. The number of hydrogen-bond donors (Lipinski definition) is 1. The number of benzene rings is 2. The van der Waals surface area contributed by atoms with Crippen LogP contribution in [0.25, 0.3) is 10.8 Å². The standard InChI is InChI=1S/C17H24N2/c1-3-5-12-19(4-2)17-11-10-14(13-18)15-8-6-7-9-16(15)17/h6-11H,3-5,12-13,18H2,1-2H3. The van der Waals surface area contributed by atoms with Gasteiger partial charge in [0.1, 0.15) is 0 Å². The van der Waals surface area contributed by atoms with Crippen molar-refractivity contribution in [3.63, 3.8) is 0 Å². The molecule has 0 aliphatic carbocycles. The van der Waals surface area contributed by atoms with Gasteiger partial charge in [-0.25, -0.2) is 0 Å². The highest BCUT2D eigenvalue weighted by Gasteiger charge is 2.09. The van der Waals surface area contributed by atoms with Gasteiger partial charge < -0.3 is 10.6 Å². The topological polar surface area (TPSA) is 29.3 Å². The summed E-state index contributed by atoms with van der Waals surface area (Å²) in [6.07, 6.45) is 2.47. The lowest BCUT2D eigenvalue weighted by molar-refractivity contribution is 0.734. The first-order chi connectivity index (χ1) is 9.31. The zero-order valence-corrected chi connectivity index (χ0v) is 12.0. The summed E-state index contributed by atoms with van der Waals surface area (Å²) in [5, 5.41) is 2.61. The van der Waals surface area contributed by atoms with E-state index in [2.05, 4.69) is 55.1 Å². The van der Waals surface area contributed by atoms with Crippen molar-refractivity contribution in [1.82, 2.24) is 0 Å². The third-order valence-corrected chi connectivity index (χ3v) is 3.72. The van der Waals surface area contributed by atoms with Crippen LogP contribution in [0.3, 0.4) is 0 Å². The second-order valence-corrected chi connectivity index (χ2v) is 4.93. The van der Waals surface area contributed by atoms with Crippen LogP contribution in [-0.2, 0) is 6.54 Å². The van der Waals surface area contributed by atoms with Crippen molar-refractivity contribution in [2.45, 2.75) is 33.2 Å². The molecule has 0 aromatic heterocycles. The van der Waals surface area contributed by atoms with E-state index in [1.54, 1.807) is 0 Å². The summed E-state index contributed by atoms with van der Waals surface area (Å²) >= 11 is 0. The van der Waals surface area contributed by atoms with Gasteiger partial charge in [0, 0.05) is 30.7 Å². The average Bonchev–Trinajstić information content (AvgIpc) is 2.48. The molecule has 0 atom stereocenters. The Morgan fingerprint density at radius 2 is 1.74 bits per heavy atom. The monoisotopic (exact) mass is 256 g/mol. The lowest BCUT2D eigenvalue weighted by Crippen LogP contribution is -2.24. The van der Waals surface area contributed by atoms with Crippen molar-refractivity contribution < 1.29 is 0 Å². The van der Waals surface area contributed by atoms with Crippen molar-refractivity contribution >= 4 is 16.5 Å². The van der Waals surface area contributed by atoms with E-state index < -0.39 is 0 Å². The molecule has 0 unspecified atom stereocenters. The smallest absolute Gasteiger partial charge is 0.0446 e. The molecule has 0 heterocycles. The maximum Gasteiger partial charge on any atom is 0.0446 e. The van der Waals surface area contributed by atoms with Gasteiger partial charge in [0.2, 0.25) is 0 Å². The first kappa shape index (κ1) is 13.9. The Kier molecular flexibility index (Phi) is 4.80. The highest BCUT2D eigenvalue weighted by atomic mass is 15.1. The third kappa shape index (κ3) is 2.90. The largest absolute Gasteiger partial charge is 0.371 e. The van der Waals surface area contributed by atoms with E-state index in [1.165, 1.54) is 34.9 Å². The number of nitrogens with zero attached hydrogens (tertiary/aromatic N) is 1. The molecule has 0 aliphatic heterocycles. The van der Waals surface area contributed by atoms with E-state index in [0.717, 1.165) is 13.1 Å². The summed E-state index contributed by atoms with van der Waals surface area (Å²) in [7, 11) is 0. The molecular weight excluding hydrogens is 232 g/mol. The summed E-state index contributed by atoms with van der Waals surface area (Å²) in [5.41, 5.74) is 8.41. The lowest BCUT2D eigenvalue weighted by Gasteiger charge is -2.25. The van der Waals surface area contributed by atoms with Gasteiger partial charge in [0.25, 0.3) is 0 Å². The van der Waals surface area contributed by atoms with Gasteiger partial charge in [0.05, 0.1) is 0 Å². The molecule has 0 radical (unpaired) electrons. The Labute approximate surface area is 116 Å². The van der Waals surface area contributed by atoms with Crippen LogP contribution in [0.2, 0.25) is 0 Å². The second-order valence-electron chi connectivity index (χ2n) is 4.93. The SMILES string of the molecule is CCCCN(CC)c1ccc(CN)c2ccccc12. The van der Waals surface area contributed by atoms with Gasteiger partial charge in [-0.3, -0.25) is 0 Å². The molecule has 0 saturated carbocycles. The van der Waals surface area contributed by atoms with E-state index in [4.69, 9.17) is 5.73 Å². The molecule has 102 valence electrons. The summed E-state index contributed by atoms with van der Waals surface area (Å²) in [6, 6.07) is 13.0. The quantitative estimate of drug-likeness (QED) is 0.848.